The third-order valence-corrected chi connectivity index (χ3v) is 2.14. The number of hydrogen-bond acceptors (Lipinski definition) is 4. The third-order valence-electron chi connectivity index (χ3n) is 2.14. The van der Waals surface area contributed by atoms with Crippen LogP contribution in [-0.2, 0) is 16.0 Å². The van der Waals surface area contributed by atoms with Gasteiger partial charge in [0.05, 0.1) is 13.7 Å². The zero-order chi connectivity index (χ0) is 12.7. The third kappa shape index (κ3) is 4.50. The van der Waals surface area contributed by atoms with E-state index in [4.69, 9.17) is 15.2 Å². The van der Waals surface area contributed by atoms with Crippen LogP contribution in [0, 0.1) is 5.82 Å². The average Bonchev–Trinajstić information content (AvgIpc) is 2.29. The fraction of sp³-hybridized carbons (Fsp3) is 0.417. The van der Waals surface area contributed by atoms with Crippen molar-refractivity contribution in [2.45, 2.75) is 6.42 Å². The summed E-state index contributed by atoms with van der Waals surface area (Å²) in [6, 6.07) is 4.45. The first-order valence-corrected chi connectivity index (χ1v) is 5.29. The molecule has 17 heavy (non-hydrogen) atoms. The molecule has 0 heterocycles. The summed E-state index contributed by atoms with van der Waals surface area (Å²) in [6.45, 7) is 0.734. The summed E-state index contributed by atoms with van der Waals surface area (Å²) in [5.74, 6) is -0.413. The molecule has 2 N–H and O–H groups in total. The Balaban J connectivity index is 2.51. The van der Waals surface area contributed by atoms with E-state index in [1.807, 2.05) is 0 Å². The van der Waals surface area contributed by atoms with Crippen molar-refractivity contribution in [3.63, 3.8) is 0 Å². The number of ether oxygens (including phenoxy) is 2. The molecule has 94 valence electrons. The van der Waals surface area contributed by atoms with Gasteiger partial charge >= 0.3 is 0 Å². The molecule has 0 unspecified atom stereocenters. The minimum absolute atomic E-state index is 0.00481. The van der Waals surface area contributed by atoms with Crippen molar-refractivity contribution in [3.05, 3.63) is 29.6 Å². The lowest BCUT2D eigenvalue weighted by molar-refractivity contribution is -0.122. The van der Waals surface area contributed by atoms with E-state index < -0.39 is 5.82 Å². The Morgan fingerprint density at radius 3 is 2.82 bits per heavy atom. The van der Waals surface area contributed by atoms with Crippen molar-refractivity contribution in [3.8, 4) is 5.75 Å². The summed E-state index contributed by atoms with van der Waals surface area (Å²) in [5, 5.41) is 0. The van der Waals surface area contributed by atoms with Gasteiger partial charge in [0.2, 0.25) is 0 Å². The van der Waals surface area contributed by atoms with Crippen molar-refractivity contribution < 1.29 is 18.7 Å². The predicted octanol–water partition coefficient (Wildman–Crippen LogP) is 0.921. The maximum absolute atomic E-state index is 13.3. The van der Waals surface area contributed by atoms with E-state index in [1.165, 1.54) is 19.2 Å². The van der Waals surface area contributed by atoms with E-state index >= 15 is 0 Å². The maximum atomic E-state index is 13.3. The number of methoxy groups -OCH3 is 1. The Morgan fingerprint density at radius 1 is 1.47 bits per heavy atom. The highest BCUT2D eigenvalue weighted by atomic mass is 19.1. The lowest BCUT2D eigenvalue weighted by atomic mass is 10.1. The largest absolute Gasteiger partial charge is 0.494 e. The fourth-order valence-electron chi connectivity index (χ4n) is 1.37. The summed E-state index contributed by atoms with van der Waals surface area (Å²) < 4.78 is 23.1. The molecule has 0 aliphatic rings. The Kier molecular flexibility index (Phi) is 5.59. The normalized spacial score (nSPS) is 10.3. The van der Waals surface area contributed by atoms with Crippen LogP contribution in [0.3, 0.4) is 0 Å². The number of ketones is 1. The van der Waals surface area contributed by atoms with Gasteiger partial charge in [-0.15, -0.1) is 0 Å². The van der Waals surface area contributed by atoms with E-state index in [0.29, 0.717) is 18.7 Å². The standard InChI is InChI=1S/C12H16FNO3/c1-16-12-3-2-9(7-11(12)13)6-10(15)8-17-5-4-14/h2-3,7H,4-6,8,14H2,1H3. The molecule has 0 aliphatic carbocycles. The molecule has 0 fully saturated rings. The van der Waals surface area contributed by atoms with Crippen LogP contribution >= 0.6 is 0 Å². The Morgan fingerprint density at radius 2 is 2.24 bits per heavy atom. The van der Waals surface area contributed by atoms with Gasteiger partial charge in [-0.1, -0.05) is 6.07 Å². The number of halogens is 1. The molecule has 1 aromatic carbocycles. The molecular formula is C12H16FNO3. The molecule has 0 saturated heterocycles. The summed E-state index contributed by atoms with van der Waals surface area (Å²) in [5.41, 5.74) is 5.82. The van der Waals surface area contributed by atoms with E-state index in [2.05, 4.69) is 0 Å². The number of benzene rings is 1. The van der Waals surface area contributed by atoms with Crippen LogP contribution in [0.1, 0.15) is 5.56 Å². The number of nitrogens with two attached hydrogens (primary N) is 1. The number of hydrogen-bond donors (Lipinski definition) is 1. The smallest absolute Gasteiger partial charge is 0.165 e. The Hall–Kier alpha value is -1.46. The second-order valence-electron chi connectivity index (χ2n) is 3.53. The van der Waals surface area contributed by atoms with Gasteiger partial charge in [0.1, 0.15) is 6.61 Å². The molecule has 0 saturated carbocycles. The Labute approximate surface area is 99.5 Å². The molecule has 1 aromatic rings. The first kappa shape index (κ1) is 13.6. The van der Waals surface area contributed by atoms with Crippen molar-refractivity contribution in [2.75, 3.05) is 26.9 Å². The lowest BCUT2D eigenvalue weighted by Crippen LogP contribution is -2.16. The molecule has 4 nitrogen and oxygen atoms in total. The number of rotatable bonds is 7. The molecular weight excluding hydrogens is 225 g/mol. The highest BCUT2D eigenvalue weighted by Crippen LogP contribution is 2.17. The van der Waals surface area contributed by atoms with Crippen molar-refractivity contribution >= 4 is 5.78 Å². The van der Waals surface area contributed by atoms with Crippen molar-refractivity contribution in [1.29, 1.82) is 0 Å². The number of Topliss-reactive ketones (excluding diaryl/α,β-unsaturated/α-hetero) is 1. The van der Waals surface area contributed by atoms with Gasteiger partial charge in [0, 0.05) is 13.0 Å². The summed E-state index contributed by atoms with van der Waals surface area (Å²) in [6.07, 6.45) is 0.144. The van der Waals surface area contributed by atoms with Gasteiger partial charge in [-0.05, 0) is 17.7 Å². The fourth-order valence-corrected chi connectivity index (χ4v) is 1.37. The average molecular weight is 241 g/mol. The highest BCUT2D eigenvalue weighted by Gasteiger charge is 2.07. The van der Waals surface area contributed by atoms with Gasteiger partial charge in [0.15, 0.2) is 17.3 Å². The lowest BCUT2D eigenvalue weighted by Gasteiger charge is -2.05. The predicted molar refractivity (Wildman–Crippen MR) is 61.5 cm³/mol. The van der Waals surface area contributed by atoms with Crippen LogP contribution in [0.2, 0.25) is 0 Å². The van der Waals surface area contributed by atoms with Gasteiger partial charge in [-0.3, -0.25) is 4.79 Å². The summed E-state index contributed by atoms with van der Waals surface area (Å²) in [4.78, 5) is 11.4. The molecule has 1 rings (SSSR count). The second kappa shape index (κ2) is 6.98. The maximum Gasteiger partial charge on any atom is 0.165 e. The minimum Gasteiger partial charge on any atom is -0.494 e. The van der Waals surface area contributed by atoms with Crippen LogP contribution in [0.25, 0.3) is 0 Å². The van der Waals surface area contributed by atoms with Crippen LogP contribution in [0.15, 0.2) is 18.2 Å². The van der Waals surface area contributed by atoms with E-state index in [9.17, 15) is 9.18 Å². The molecule has 0 radical (unpaired) electrons. The van der Waals surface area contributed by atoms with Gasteiger partial charge in [-0.25, -0.2) is 4.39 Å². The topological polar surface area (TPSA) is 61.5 Å². The van der Waals surface area contributed by atoms with Crippen LogP contribution in [-0.4, -0.2) is 32.7 Å². The van der Waals surface area contributed by atoms with E-state index in [-0.39, 0.29) is 24.6 Å². The van der Waals surface area contributed by atoms with Crippen LogP contribution in [0.4, 0.5) is 4.39 Å². The monoisotopic (exact) mass is 241 g/mol. The molecule has 0 amide bonds. The zero-order valence-electron chi connectivity index (χ0n) is 9.74. The molecule has 0 aromatic heterocycles. The molecule has 5 heteroatoms. The van der Waals surface area contributed by atoms with Crippen LogP contribution < -0.4 is 10.5 Å². The first-order valence-electron chi connectivity index (χ1n) is 5.29. The van der Waals surface area contributed by atoms with E-state index in [0.717, 1.165) is 0 Å². The zero-order valence-corrected chi connectivity index (χ0v) is 9.74. The van der Waals surface area contributed by atoms with E-state index in [1.54, 1.807) is 6.07 Å². The molecule has 0 atom stereocenters. The van der Waals surface area contributed by atoms with Gasteiger partial charge in [-0.2, -0.15) is 0 Å². The SMILES string of the molecule is COc1ccc(CC(=O)COCCN)cc1F. The Bertz CT molecular complexity index is 382. The minimum atomic E-state index is -0.472. The number of carbonyl (C=O) groups is 1. The first-order chi connectivity index (χ1) is 8.17. The number of carbonyl (C=O) groups excluding carboxylic acids is 1. The highest BCUT2D eigenvalue weighted by molar-refractivity contribution is 5.82. The molecule has 0 spiro atoms. The van der Waals surface area contributed by atoms with Crippen molar-refractivity contribution in [2.24, 2.45) is 5.73 Å². The summed E-state index contributed by atoms with van der Waals surface area (Å²) >= 11 is 0. The molecule has 0 aliphatic heterocycles. The van der Waals surface area contributed by atoms with Gasteiger partial charge < -0.3 is 15.2 Å². The summed E-state index contributed by atoms with van der Waals surface area (Å²) in [7, 11) is 1.39. The van der Waals surface area contributed by atoms with Gasteiger partial charge in [0.25, 0.3) is 0 Å². The quantitative estimate of drug-likeness (QED) is 0.721. The van der Waals surface area contributed by atoms with Crippen molar-refractivity contribution in [1.82, 2.24) is 0 Å². The van der Waals surface area contributed by atoms with Crippen LogP contribution in [0.5, 0.6) is 5.75 Å². The second-order valence-corrected chi connectivity index (χ2v) is 3.53. The molecule has 0 bridgehead atoms.